The van der Waals surface area contributed by atoms with Crippen molar-refractivity contribution in [3.63, 3.8) is 0 Å². The Morgan fingerprint density at radius 2 is 1.95 bits per heavy atom. The lowest BCUT2D eigenvalue weighted by molar-refractivity contribution is 0.0157. The van der Waals surface area contributed by atoms with Gasteiger partial charge in [-0.2, -0.15) is 0 Å². The molecule has 1 aliphatic heterocycles. The molecule has 1 aromatic carbocycles. The number of hydrogen-bond acceptors (Lipinski definition) is 3. The van der Waals surface area contributed by atoms with Crippen LogP contribution in [0.25, 0.3) is 0 Å². The highest BCUT2D eigenvalue weighted by Crippen LogP contribution is 2.17. The lowest BCUT2D eigenvalue weighted by Crippen LogP contribution is -2.20. The van der Waals surface area contributed by atoms with Crippen molar-refractivity contribution in [2.75, 3.05) is 26.4 Å². The van der Waals surface area contributed by atoms with E-state index in [1.165, 1.54) is 11.1 Å². The first-order valence-corrected chi connectivity index (χ1v) is 7.24. The van der Waals surface area contributed by atoms with E-state index in [-0.39, 0.29) is 0 Å². The summed E-state index contributed by atoms with van der Waals surface area (Å²) in [6, 6.07) is 8.60. The first kappa shape index (κ1) is 14.5. The van der Waals surface area contributed by atoms with Crippen molar-refractivity contribution in [2.45, 2.75) is 32.3 Å². The normalized spacial score (nSPS) is 18.4. The van der Waals surface area contributed by atoms with Crippen molar-refractivity contribution in [3.8, 4) is 0 Å². The van der Waals surface area contributed by atoms with Crippen LogP contribution in [0.1, 0.15) is 36.8 Å². The van der Waals surface area contributed by atoms with Crippen LogP contribution in [0, 0.1) is 5.92 Å². The predicted octanol–water partition coefficient (Wildman–Crippen LogP) is 2.69. The summed E-state index contributed by atoms with van der Waals surface area (Å²) in [4.78, 5) is 0. The van der Waals surface area contributed by atoms with Crippen LogP contribution >= 0.6 is 0 Å². The summed E-state index contributed by atoms with van der Waals surface area (Å²) in [7, 11) is 0. The molecule has 0 spiro atoms. The average molecular weight is 263 g/mol. The molecule has 1 heterocycles. The molecular formula is C16H25NO2. The molecule has 0 aromatic heterocycles. The summed E-state index contributed by atoms with van der Waals surface area (Å²) in [5.74, 6) is 1.10. The molecule has 0 saturated carbocycles. The Kier molecular flexibility index (Phi) is 5.83. The lowest BCUT2D eigenvalue weighted by atomic mass is 10.00. The minimum Gasteiger partial charge on any atom is -0.381 e. The highest BCUT2D eigenvalue weighted by Gasteiger charge is 2.13. The zero-order valence-corrected chi connectivity index (χ0v) is 11.8. The fraction of sp³-hybridized carbons (Fsp3) is 0.625. The molecule has 106 valence electrons. The quantitative estimate of drug-likeness (QED) is 0.858. The van der Waals surface area contributed by atoms with Crippen LogP contribution in [0.3, 0.4) is 0 Å². The third-order valence-corrected chi connectivity index (χ3v) is 3.87. The van der Waals surface area contributed by atoms with Gasteiger partial charge in [0.25, 0.3) is 0 Å². The van der Waals surface area contributed by atoms with Gasteiger partial charge in [-0.1, -0.05) is 31.2 Å². The lowest BCUT2D eigenvalue weighted by Gasteiger charge is -2.21. The van der Waals surface area contributed by atoms with E-state index >= 15 is 0 Å². The van der Waals surface area contributed by atoms with E-state index in [0.717, 1.165) is 32.7 Å². The molecule has 1 unspecified atom stereocenters. The van der Waals surface area contributed by atoms with Crippen LogP contribution in [0.5, 0.6) is 0 Å². The van der Waals surface area contributed by atoms with Crippen LogP contribution < -0.4 is 5.73 Å². The van der Waals surface area contributed by atoms with Crippen molar-refractivity contribution in [1.82, 2.24) is 0 Å². The number of benzene rings is 1. The number of ether oxygens (including phenoxy) is 2. The maximum atomic E-state index is 5.81. The Hall–Kier alpha value is -0.900. The largest absolute Gasteiger partial charge is 0.381 e. The summed E-state index contributed by atoms with van der Waals surface area (Å²) in [6.45, 7) is 6.18. The van der Waals surface area contributed by atoms with Gasteiger partial charge in [0.05, 0.1) is 13.2 Å². The maximum Gasteiger partial charge on any atom is 0.0717 e. The van der Waals surface area contributed by atoms with Crippen molar-refractivity contribution in [1.29, 1.82) is 0 Å². The van der Waals surface area contributed by atoms with Gasteiger partial charge in [-0.05, 0) is 42.3 Å². The Morgan fingerprint density at radius 1 is 1.26 bits per heavy atom. The topological polar surface area (TPSA) is 44.5 Å². The summed E-state index contributed by atoms with van der Waals surface area (Å²) < 4.78 is 11.2. The first-order chi connectivity index (χ1) is 9.29. The Labute approximate surface area is 116 Å². The van der Waals surface area contributed by atoms with Crippen molar-refractivity contribution in [2.24, 2.45) is 11.7 Å². The Balaban J connectivity index is 1.73. The fourth-order valence-electron chi connectivity index (χ4n) is 2.33. The van der Waals surface area contributed by atoms with E-state index in [1.54, 1.807) is 0 Å². The van der Waals surface area contributed by atoms with Gasteiger partial charge in [0, 0.05) is 13.2 Å². The zero-order chi connectivity index (χ0) is 13.5. The second-order valence-electron chi connectivity index (χ2n) is 5.45. The highest BCUT2D eigenvalue weighted by atomic mass is 16.5. The Bertz CT molecular complexity index is 358. The van der Waals surface area contributed by atoms with Crippen molar-refractivity contribution in [3.05, 3.63) is 35.4 Å². The standard InChI is InChI=1S/C16H25NO2/c1-13(10-17)16-4-2-14(3-5-16)11-19-12-15-6-8-18-9-7-15/h2-5,13,15H,6-12,17H2,1H3. The van der Waals surface area contributed by atoms with Gasteiger partial charge in [-0.15, -0.1) is 0 Å². The maximum absolute atomic E-state index is 5.81. The van der Waals surface area contributed by atoms with Crippen LogP contribution in [-0.4, -0.2) is 26.4 Å². The third-order valence-electron chi connectivity index (χ3n) is 3.87. The van der Waals surface area contributed by atoms with E-state index < -0.39 is 0 Å². The SMILES string of the molecule is CC(CN)c1ccc(COCC2CCOCC2)cc1. The molecule has 0 bridgehead atoms. The Morgan fingerprint density at radius 3 is 2.58 bits per heavy atom. The number of rotatable bonds is 6. The monoisotopic (exact) mass is 263 g/mol. The van der Waals surface area contributed by atoms with Gasteiger partial charge in [0.15, 0.2) is 0 Å². The van der Waals surface area contributed by atoms with E-state index in [1.807, 2.05) is 0 Å². The van der Waals surface area contributed by atoms with Crippen LogP contribution in [0.4, 0.5) is 0 Å². The molecule has 1 aromatic rings. The van der Waals surface area contributed by atoms with Gasteiger partial charge in [0.2, 0.25) is 0 Å². The molecule has 0 radical (unpaired) electrons. The van der Waals surface area contributed by atoms with Gasteiger partial charge in [-0.3, -0.25) is 0 Å². The molecule has 19 heavy (non-hydrogen) atoms. The molecule has 3 heteroatoms. The van der Waals surface area contributed by atoms with Crippen LogP contribution in [0.2, 0.25) is 0 Å². The minimum absolute atomic E-state index is 0.428. The van der Waals surface area contributed by atoms with E-state index in [9.17, 15) is 0 Å². The van der Waals surface area contributed by atoms with E-state index in [0.29, 0.717) is 25.0 Å². The van der Waals surface area contributed by atoms with E-state index in [4.69, 9.17) is 15.2 Å². The predicted molar refractivity (Wildman–Crippen MR) is 77.1 cm³/mol. The second-order valence-corrected chi connectivity index (χ2v) is 5.45. The second kappa shape index (κ2) is 7.63. The van der Waals surface area contributed by atoms with Crippen molar-refractivity contribution < 1.29 is 9.47 Å². The van der Waals surface area contributed by atoms with Gasteiger partial charge in [0.1, 0.15) is 0 Å². The minimum atomic E-state index is 0.428. The smallest absolute Gasteiger partial charge is 0.0717 e. The molecule has 1 saturated heterocycles. The molecular weight excluding hydrogens is 238 g/mol. The summed E-state index contributed by atoms with van der Waals surface area (Å²) in [5, 5.41) is 0. The van der Waals surface area contributed by atoms with E-state index in [2.05, 4.69) is 31.2 Å². The summed E-state index contributed by atoms with van der Waals surface area (Å²) in [5.41, 5.74) is 8.21. The molecule has 0 aliphatic carbocycles. The zero-order valence-electron chi connectivity index (χ0n) is 11.8. The van der Waals surface area contributed by atoms with Gasteiger partial charge >= 0.3 is 0 Å². The molecule has 2 N–H and O–H groups in total. The van der Waals surface area contributed by atoms with Crippen LogP contribution in [0.15, 0.2) is 24.3 Å². The van der Waals surface area contributed by atoms with Gasteiger partial charge in [-0.25, -0.2) is 0 Å². The molecule has 1 fully saturated rings. The highest BCUT2D eigenvalue weighted by molar-refractivity contribution is 5.24. The number of hydrogen-bond donors (Lipinski definition) is 1. The van der Waals surface area contributed by atoms with Gasteiger partial charge < -0.3 is 15.2 Å². The first-order valence-electron chi connectivity index (χ1n) is 7.24. The third kappa shape index (κ3) is 4.60. The van der Waals surface area contributed by atoms with Crippen LogP contribution in [-0.2, 0) is 16.1 Å². The molecule has 3 nitrogen and oxygen atoms in total. The fourth-order valence-corrected chi connectivity index (χ4v) is 2.33. The number of nitrogens with two attached hydrogens (primary N) is 1. The average Bonchev–Trinajstić information content (AvgIpc) is 2.48. The summed E-state index contributed by atoms with van der Waals surface area (Å²) >= 11 is 0. The molecule has 2 rings (SSSR count). The van der Waals surface area contributed by atoms with Crippen molar-refractivity contribution >= 4 is 0 Å². The molecule has 1 atom stereocenters. The molecule has 1 aliphatic rings. The summed E-state index contributed by atoms with van der Waals surface area (Å²) in [6.07, 6.45) is 2.26. The molecule has 0 amide bonds.